The van der Waals surface area contributed by atoms with Gasteiger partial charge < -0.3 is 9.47 Å². The molecule has 1 amide bonds. The van der Waals surface area contributed by atoms with Crippen molar-refractivity contribution in [2.24, 2.45) is 5.92 Å². The van der Waals surface area contributed by atoms with Gasteiger partial charge in [-0.25, -0.2) is 4.79 Å². The molecule has 190 valence electrons. The number of hydrogen-bond acceptors (Lipinski definition) is 6. The number of ether oxygens (including phenoxy) is 2. The van der Waals surface area contributed by atoms with Crippen LogP contribution in [-0.4, -0.2) is 58.6 Å². The summed E-state index contributed by atoms with van der Waals surface area (Å²) in [6.45, 7) is 1.10. The van der Waals surface area contributed by atoms with E-state index < -0.39 is 0 Å². The molecule has 2 fully saturated rings. The minimum absolute atomic E-state index is 0.0116. The van der Waals surface area contributed by atoms with Crippen LogP contribution in [-0.2, 0) is 9.47 Å². The van der Waals surface area contributed by atoms with Crippen molar-refractivity contribution >= 4 is 22.9 Å². The molecule has 2 bridgehead atoms. The molecule has 4 aromatic rings. The van der Waals surface area contributed by atoms with Gasteiger partial charge >= 0.3 is 6.09 Å². The standard InChI is InChI=1S/C31H27N3O4/c35-30(19-9-10-28-29(15-19)33-12-11-32-28)20-13-21-16-37-17-22(14-20)34(21)31(36)38-18-27-25-7-3-1-5-23(25)24-6-2-4-8-26(24)27/h1-12,15,20-22,27H,13-14,16-18H2. The van der Waals surface area contributed by atoms with E-state index in [0.717, 1.165) is 5.52 Å². The van der Waals surface area contributed by atoms with Crippen LogP contribution in [0.5, 0.6) is 0 Å². The van der Waals surface area contributed by atoms with Gasteiger partial charge in [0.15, 0.2) is 5.78 Å². The second-order valence-electron chi connectivity index (χ2n) is 10.3. The fourth-order valence-corrected chi connectivity index (χ4v) is 6.45. The summed E-state index contributed by atoms with van der Waals surface area (Å²) in [5, 5.41) is 0. The van der Waals surface area contributed by atoms with Gasteiger partial charge in [0.2, 0.25) is 0 Å². The predicted octanol–water partition coefficient (Wildman–Crippen LogP) is 5.24. The quantitative estimate of drug-likeness (QED) is 0.353. The zero-order chi connectivity index (χ0) is 25.6. The predicted molar refractivity (Wildman–Crippen MR) is 142 cm³/mol. The van der Waals surface area contributed by atoms with E-state index in [4.69, 9.17) is 9.47 Å². The summed E-state index contributed by atoms with van der Waals surface area (Å²) in [7, 11) is 0. The number of rotatable bonds is 4. The topological polar surface area (TPSA) is 81.6 Å². The van der Waals surface area contributed by atoms with Crippen molar-refractivity contribution < 1.29 is 19.1 Å². The number of amides is 1. The van der Waals surface area contributed by atoms with Crippen molar-refractivity contribution in [3.8, 4) is 11.1 Å². The average Bonchev–Trinajstić information content (AvgIpc) is 3.28. The largest absolute Gasteiger partial charge is 0.448 e. The number of piperidine rings is 1. The lowest BCUT2D eigenvalue weighted by molar-refractivity contribution is -0.0747. The number of hydrogen-bond donors (Lipinski definition) is 0. The van der Waals surface area contributed by atoms with Crippen LogP contribution in [0.15, 0.2) is 79.1 Å². The normalized spacial score (nSPS) is 22.1. The summed E-state index contributed by atoms with van der Waals surface area (Å²) in [6, 6.07) is 21.7. The summed E-state index contributed by atoms with van der Waals surface area (Å²) in [4.78, 5) is 37.4. The lowest BCUT2D eigenvalue weighted by atomic mass is 9.81. The van der Waals surface area contributed by atoms with E-state index in [9.17, 15) is 9.59 Å². The molecule has 7 rings (SSSR count). The Labute approximate surface area is 220 Å². The molecule has 1 aliphatic carbocycles. The number of carbonyl (C=O) groups excluding carboxylic acids is 2. The summed E-state index contributed by atoms with van der Waals surface area (Å²) in [5.41, 5.74) is 6.89. The molecule has 0 radical (unpaired) electrons. The SMILES string of the molecule is O=C(c1ccc2nccnc2c1)C1CC2COCC(C1)N2C(=O)OCC1c2ccccc2-c2ccccc21. The number of nitrogens with zero attached hydrogens (tertiary/aromatic N) is 3. The van der Waals surface area contributed by atoms with Gasteiger partial charge in [0.25, 0.3) is 0 Å². The molecule has 2 unspecified atom stereocenters. The van der Waals surface area contributed by atoms with E-state index in [1.807, 2.05) is 47.4 Å². The number of aromatic nitrogens is 2. The zero-order valence-electron chi connectivity index (χ0n) is 20.8. The molecule has 3 aromatic carbocycles. The van der Waals surface area contributed by atoms with Crippen molar-refractivity contribution in [2.75, 3.05) is 19.8 Å². The van der Waals surface area contributed by atoms with Crippen LogP contribution < -0.4 is 0 Å². The summed E-state index contributed by atoms with van der Waals surface area (Å²) in [5.74, 6) is -0.0835. The first-order valence-corrected chi connectivity index (χ1v) is 13.1. The van der Waals surface area contributed by atoms with Gasteiger partial charge in [-0.1, -0.05) is 48.5 Å². The van der Waals surface area contributed by atoms with Crippen LogP contribution in [0.3, 0.4) is 0 Å². The van der Waals surface area contributed by atoms with Crippen molar-refractivity contribution in [1.29, 1.82) is 0 Å². The highest BCUT2D eigenvalue weighted by Crippen LogP contribution is 2.44. The van der Waals surface area contributed by atoms with Gasteiger partial charge in [0.1, 0.15) is 6.61 Å². The number of carbonyl (C=O) groups is 2. The van der Waals surface area contributed by atoms with Crippen molar-refractivity contribution in [1.82, 2.24) is 14.9 Å². The third kappa shape index (κ3) is 3.85. The monoisotopic (exact) mass is 505 g/mol. The minimum atomic E-state index is -0.322. The van der Waals surface area contributed by atoms with Gasteiger partial charge in [0, 0.05) is 29.8 Å². The highest BCUT2D eigenvalue weighted by atomic mass is 16.6. The lowest BCUT2D eigenvalue weighted by Gasteiger charge is -2.47. The van der Waals surface area contributed by atoms with E-state index >= 15 is 0 Å². The van der Waals surface area contributed by atoms with Crippen LogP contribution in [0.4, 0.5) is 4.79 Å². The molecule has 1 aromatic heterocycles. The lowest BCUT2D eigenvalue weighted by Crippen LogP contribution is -2.60. The Bertz CT molecular complexity index is 1490. The van der Waals surface area contributed by atoms with Gasteiger partial charge in [-0.15, -0.1) is 0 Å². The van der Waals surface area contributed by atoms with Gasteiger partial charge in [-0.3, -0.25) is 19.7 Å². The fraction of sp³-hybridized carbons (Fsp3) is 0.290. The maximum absolute atomic E-state index is 13.5. The number of fused-ring (bicyclic) bond motifs is 6. The Morgan fingerprint density at radius 3 is 2.16 bits per heavy atom. The first kappa shape index (κ1) is 23.0. The Balaban J connectivity index is 1.07. The highest BCUT2D eigenvalue weighted by Gasteiger charge is 2.45. The Hall–Kier alpha value is -4.10. The fourth-order valence-electron chi connectivity index (χ4n) is 6.45. The molecule has 0 saturated carbocycles. The van der Waals surface area contributed by atoms with Crippen LogP contribution >= 0.6 is 0 Å². The smallest absolute Gasteiger partial charge is 0.410 e. The molecule has 38 heavy (non-hydrogen) atoms. The van der Waals surface area contributed by atoms with E-state index in [1.165, 1.54) is 22.3 Å². The van der Waals surface area contributed by atoms with E-state index in [2.05, 4.69) is 34.2 Å². The molecule has 0 spiro atoms. The highest BCUT2D eigenvalue weighted by molar-refractivity contribution is 6.00. The Morgan fingerprint density at radius 1 is 0.842 bits per heavy atom. The molecule has 7 nitrogen and oxygen atoms in total. The van der Waals surface area contributed by atoms with Gasteiger partial charge in [-0.2, -0.15) is 0 Å². The van der Waals surface area contributed by atoms with Gasteiger partial charge in [0.05, 0.1) is 36.3 Å². The molecule has 2 aliphatic heterocycles. The Morgan fingerprint density at radius 2 is 1.47 bits per heavy atom. The third-order valence-electron chi connectivity index (χ3n) is 8.19. The summed E-state index contributed by atoms with van der Waals surface area (Å²) >= 11 is 0. The molecular formula is C31H27N3O4. The number of Topliss-reactive ketones (excluding diaryl/α,β-unsaturated/α-hetero) is 1. The third-order valence-corrected chi connectivity index (χ3v) is 8.19. The molecule has 2 saturated heterocycles. The molecule has 7 heteroatoms. The molecule has 3 heterocycles. The van der Waals surface area contributed by atoms with Crippen LogP contribution in [0, 0.1) is 5.92 Å². The number of benzene rings is 3. The maximum Gasteiger partial charge on any atom is 0.410 e. The van der Waals surface area contributed by atoms with Crippen molar-refractivity contribution in [3.63, 3.8) is 0 Å². The van der Waals surface area contributed by atoms with Crippen LogP contribution in [0.25, 0.3) is 22.2 Å². The van der Waals surface area contributed by atoms with Crippen LogP contribution in [0.1, 0.15) is 40.2 Å². The average molecular weight is 506 g/mol. The van der Waals surface area contributed by atoms with Crippen molar-refractivity contribution in [3.05, 3.63) is 95.8 Å². The van der Waals surface area contributed by atoms with E-state index in [-0.39, 0.29) is 42.4 Å². The number of ketones is 1. The molecule has 0 N–H and O–H groups in total. The summed E-state index contributed by atoms with van der Waals surface area (Å²) in [6.07, 6.45) is 4.06. The first-order chi connectivity index (χ1) is 18.7. The van der Waals surface area contributed by atoms with Crippen molar-refractivity contribution in [2.45, 2.75) is 30.8 Å². The van der Waals surface area contributed by atoms with Crippen LogP contribution in [0.2, 0.25) is 0 Å². The van der Waals surface area contributed by atoms with E-state index in [0.29, 0.717) is 37.1 Å². The molecule has 2 atom stereocenters. The zero-order valence-corrected chi connectivity index (χ0v) is 20.8. The second-order valence-corrected chi connectivity index (χ2v) is 10.3. The Kier molecular flexibility index (Phi) is 5.66. The first-order valence-electron chi connectivity index (χ1n) is 13.1. The molecular weight excluding hydrogens is 478 g/mol. The maximum atomic E-state index is 13.5. The second kappa shape index (κ2) is 9.33. The van der Waals surface area contributed by atoms with E-state index in [1.54, 1.807) is 12.4 Å². The number of morpholine rings is 1. The van der Waals surface area contributed by atoms with Gasteiger partial charge in [-0.05, 0) is 53.3 Å². The summed E-state index contributed by atoms with van der Waals surface area (Å²) < 4.78 is 11.8. The molecule has 3 aliphatic rings. The minimum Gasteiger partial charge on any atom is -0.448 e.